The van der Waals surface area contributed by atoms with Crippen LogP contribution in [-0.2, 0) is 35.2 Å². The largest absolute Gasteiger partial charge is 0.486 e. The van der Waals surface area contributed by atoms with E-state index in [9.17, 15) is 8.78 Å². The number of aromatic amines is 1. The quantitative estimate of drug-likeness (QED) is 0.0801. The maximum atomic E-state index is 14.5. The summed E-state index contributed by atoms with van der Waals surface area (Å²) >= 11 is 0. The van der Waals surface area contributed by atoms with Crippen molar-refractivity contribution in [1.82, 2.24) is 35.6 Å². The molecule has 0 saturated heterocycles. The molecule has 0 saturated carbocycles. The van der Waals surface area contributed by atoms with Crippen molar-refractivity contribution in [2.75, 3.05) is 13.2 Å². The summed E-state index contributed by atoms with van der Waals surface area (Å²) in [5.41, 5.74) is 3.14. The van der Waals surface area contributed by atoms with Gasteiger partial charge in [-0.15, -0.1) is 5.10 Å². The number of benzene rings is 4. The van der Waals surface area contributed by atoms with Crippen LogP contribution in [0.25, 0.3) is 22.8 Å². The number of hydrogen-bond donors (Lipinski definition) is 1. The minimum atomic E-state index is -1.60. The van der Waals surface area contributed by atoms with Crippen LogP contribution in [0.2, 0.25) is 39.3 Å². The molecule has 0 aliphatic carbocycles. The zero-order valence-corrected chi connectivity index (χ0v) is 33.5. The van der Waals surface area contributed by atoms with Gasteiger partial charge in [0, 0.05) is 5.56 Å². The van der Waals surface area contributed by atoms with Crippen LogP contribution in [0.3, 0.4) is 0 Å². The average molecular weight is 774 g/mol. The molecule has 0 radical (unpaired) electrons. The maximum absolute atomic E-state index is 14.5. The molecule has 12 nitrogen and oxygen atoms in total. The molecule has 0 fully saturated rings. The number of aromatic nitrogens is 8. The Morgan fingerprint density at radius 1 is 0.685 bits per heavy atom. The van der Waals surface area contributed by atoms with Crippen molar-refractivity contribution in [1.29, 1.82) is 0 Å². The number of ether oxygens (including phenoxy) is 2. The molecule has 2 heterocycles. The predicted molar refractivity (Wildman–Crippen MR) is 205 cm³/mol. The molecule has 0 aliphatic heterocycles. The lowest BCUT2D eigenvalue weighted by atomic mass is 10.2. The third kappa shape index (κ3) is 12.8. The standard InChI is InChI=1S/2C19H23FN4O2Si/c1-27(2,3)26-12-11-24-19(21-22-23-24)16-9-10-18(17(20)13-16)25-14-15-7-5-4-6-8-15;1-27(2,3)26-12-11-24-22-19(21-23-24)16-9-10-18(17(20)13-16)25-14-15-7-5-4-6-8-15/h2*4-10,13H,11-12,14H2,1-3H3/p+1. The van der Waals surface area contributed by atoms with Crippen molar-refractivity contribution in [3.63, 3.8) is 0 Å². The van der Waals surface area contributed by atoms with Crippen molar-refractivity contribution in [3.05, 3.63) is 120 Å². The third-order valence-corrected chi connectivity index (χ3v) is 9.69. The molecule has 0 unspecified atom stereocenters. The highest BCUT2D eigenvalue weighted by Gasteiger charge is 2.19. The molecule has 0 atom stereocenters. The zero-order chi connectivity index (χ0) is 38.6. The summed E-state index contributed by atoms with van der Waals surface area (Å²) in [5, 5.41) is 23.0. The van der Waals surface area contributed by atoms with Gasteiger partial charge in [-0.1, -0.05) is 65.5 Å². The molecule has 0 bridgehead atoms. The van der Waals surface area contributed by atoms with Crippen LogP contribution in [0.15, 0.2) is 97.1 Å². The summed E-state index contributed by atoms with van der Waals surface area (Å²) in [5.74, 6) is 0.440. The number of rotatable bonds is 16. The third-order valence-electron chi connectivity index (χ3n) is 7.55. The fraction of sp³-hybridized carbons (Fsp3) is 0.316. The smallest absolute Gasteiger partial charge is 0.338 e. The van der Waals surface area contributed by atoms with Gasteiger partial charge >= 0.3 is 5.82 Å². The minimum Gasteiger partial charge on any atom is -0.486 e. The summed E-state index contributed by atoms with van der Waals surface area (Å²) in [6.45, 7) is 15.6. The molecule has 284 valence electrons. The second kappa shape index (κ2) is 18.7. The van der Waals surface area contributed by atoms with Gasteiger partial charge in [-0.3, -0.25) is 0 Å². The summed E-state index contributed by atoms with van der Waals surface area (Å²) in [6.07, 6.45) is 0. The zero-order valence-electron chi connectivity index (χ0n) is 31.5. The van der Waals surface area contributed by atoms with Crippen LogP contribution in [0, 0.1) is 11.6 Å². The number of halogens is 2. The van der Waals surface area contributed by atoms with Crippen LogP contribution in [0.4, 0.5) is 8.78 Å². The van der Waals surface area contributed by atoms with Crippen LogP contribution >= 0.6 is 0 Å². The van der Waals surface area contributed by atoms with Gasteiger partial charge in [-0.25, -0.2) is 13.5 Å². The van der Waals surface area contributed by atoms with Crippen LogP contribution in [0.5, 0.6) is 11.5 Å². The van der Waals surface area contributed by atoms with E-state index in [0.29, 0.717) is 62.3 Å². The van der Waals surface area contributed by atoms with Gasteiger partial charge in [0.05, 0.1) is 30.4 Å². The first-order chi connectivity index (χ1) is 25.8. The topological polar surface area (TPSA) is 126 Å². The van der Waals surface area contributed by atoms with Crippen LogP contribution in [-0.4, -0.2) is 65.5 Å². The van der Waals surface area contributed by atoms with Crippen molar-refractivity contribution >= 4 is 16.6 Å². The highest BCUT2D eigenvalue weighted by molar-refractivity contribution is 6.70. The Balaban J connectivity index is 0.000000208. The van der Waals surface area contributed by atoms with Crippen LogP contribution < -0.4 is 14.3 Å². The highest BCUT2D eigenvalue weighted by Crippen LogP contribution is 2.26. The first-order valence-corrected chi connectivity index (χ1v) is 24.4. The summed E-state index contributed by atoms with van der Waals surface area (Å²) in [6, 6.07) is 28.8. The van der Waals surface area contributed by atoms with E-state index < -0.39 is 28.3 Å². The monoisotopic (exact) mass is 773 g/mol. The molecule has 0 amide bonds. The molecule has 6 rings (SSSR count). The Hall–Kier alpha value is -5.17. The molecule has 0 aliphatic rings. The predicted octanol–water partition coefficient (Wildman–Crippen LogP) is 7.24. The maximum Gasteiger partial charge on any atom is 0.338 e. The van der Waals surface area contributed by atoms with E-state index in [1.807, 2.05) is 60.7 Å². The highest BCUT2D eigenvalue weighted by atomic mass is 28.4. The number of tetrazole rings is 2. The molecule has 4 aromatic carbocycles. The molecule has 6 aromatic rings. The molecule has 16 heteroatoms. The SMILES string of the molecule is C[Si](C)(C)OCC[n+]1nc(-c2ccc(OCc3ccccc3)c(F)c2)n[nH]1.C[Si](C)(C)OCCn1nnnc1-c1ccc(OCc2ccccc2)c(F)c1. The fourth-order valence-corrected chi connectivity index (χ4v) is 6.32. The molecular weight excluding hydrogens is 727 g/mol. The molecule has 54 heavy (non-hydrogen) atoms. The number of nitrogens with zero attached hydrogens (tertiary/aromatic N) is 7. The van der Waals surface area contributed by atoms with Crippen molar-refractivity contribution in [3.8, 4) is 34.3 Å². The van der Waals surface area contributed by atoms with Gasteiger partial charge in [0.1, 0.15) is 13.2 Å². The van der Waals surface area contributed by atoms with Gasteiger partial charge < -0.3 is 18.3 Å². The Labute approximate surface area is 316 Å². The number of nitrogens with one attached hydrogen (secondary N) is 1. The van der Waals surface area contributed by atoms with Crippen LogP contribution in [0.1, 0.15) is 11.1 Å². The lowest BCUT2D eigenvalue weighted by molar-refractivity contribution is -0.805. The van der Waals surface area contributed by atoms with Crippen molar-refractivity contribution in [2.24, 2.45) is 0 Å². The Morgan fingerprint density at radius 2 is 1.22 bits per heavy atom. The Bertz CT molecular complexity index is 2060. The molecular formula is C38H47F2N8O4Si2+. The molecule has 2 aromatic heterocycles. The fourth-order valence-electron chi connectivity index (χ4n) is 4.91. The number of H-pyrrole nitrogens is 1. The first kappa shape index (κ1) is 40.0. The lowest BCUT2D eigenvalue weighted by Gasteiger charge is -2.17. The van der Waals surface area contributed by atoms with E-state index in [0.717, 1.165) is 11.1 Å². The van der Waals surface area contributed by atoms with Gasteiger partial charge in [-0.05, 0) is 108 Å². The van der Waals surface area contributed by atoms with E-state index in [4.69, 9.17) is 18.3 Å². The average Bonchev–Trinajstić information content (AvgIpc) is 3.81. The van der Waals surface area contributed by atoms with Gasteiger partial charge in [0.15, 0.2) is 52.1 Å². The first-order valence-electron chi connectivity index (χ1n) is 17.6. The Morgan fingerprint density at radius 3 is 1.78 bits per heavy atom. The van der Waals surface area contributed by atoms with Gasteiger partial charge in [0.2, 0.25) is 0 Å². The second-order valence-corrected chi connectivity index (χ2v) is 23.3. The summed E-state index contributed by atoms with van der Waals surface area (Å²) in [7, 11) is -3.15. The van der Waals surface area contributed by atoms with E-state index in [1.165, 1.54) is 12.1 Å². The summed E-state index contributed by atoms with van der Waals surface area (Å²) < 4.78 is 53.2. The summed E-state index contributed by atoms with van der Waals surface area (Å²) in [4.78, 5) is 1.59. The van der Waals surface area contributed by atoms with E-state index in [-0.39, 0.29) is 11.5 Å². The number of hydrogen-bond acceptors (Lipinski definition) is 9. The minimum absolute atomic E-state index is 0.198. The lowest BCUT2D eigenvalue weighted by Crippen LogP contribution is -2.43. The van der Waals surface area contributed by atoms with Gasteiger partial charge in [0.25, 0.3) is 0 Å². The van der Waals surface area contributed by atoms with E-state index in [1.54, 1.807) is 33.7 Å². The van der Waals surface area contributed by atoms with E-state index in [2.05, 4.69) is 70.2 Å². The normalized spacial score (nSPS) is 11.6. The Kier molecular flexibility index (Phi) is 13.9. The van der Waals surface area contributed by atoms with E-state index >= 15 is 0 Å². The molecule has 1 N–H and O–H groups in total. The molecule has 0 spiro atoms. The van der Waals surface area contributed by atoms with Crippen molar-refractivity contribution < 1.29 is 31.9 Å². The second-order valence-electron chi connectivity index (χ2n) is 14.2. The van der Waals surface area contributed by atoms with Gasteiger partial charge in [-0.2, -0.15) is 0 Å². The van der Waals surface area contributed by atoms with Crippen molar-refractivity contribution in [2.45, 2.75) is 65.6 Å².